The SMILES string of the molecule is c1ccc(-c2cc(-c3ccncc3)ccc2-n2c3ccccc3c3cc(-c4ccc5c(c4)c4ccccc4n5-c4ccc5c(c4)c4ccccc4n5-c4ccccc4)ccc32)cc1. The van der Waals surface area contributed by atoms with Crippen LogP contribution in [0, 0.1) is 0 Å². The maximum atomic E-state index is 4.27. The molecule has 9 aromatic carbocycles. The summed E-state index contributed by atoms with van der Waals surface area (Å²) in [6.45, 7) is 0. The van der Waals surface area contributed by atoms with E-state index in [0.717, 1.165) is 28.2 Å². The molecule has 4 heteroatoms. The summed E-state index contributed by atoms with van der Waals surface area (Å²) < 4.78 is 7.25. The Kier molecular flexibility index (Phi) is 7.87. The van der Waals surface area contributed by atoms with Crippen molar-refractivity contribution in [2.24, 2.45) is 0 Å². The van der Waals surface area contributed by atoms with Crippen LogP contribution in [0.25, 0.3) is 116 Å². The van der Waals surface area contributed by atoms with Crippen LogP contribution in [-0.2, 0) is 0 Å². The Bertz CT molecular complexity index is 3890. The van der Waals surface area contributed by atoms with Gasteiger partial charge in [-0.15, -0.1) is 0 Å². The summed E-state index contributed by atoms with van der Waals surface area (Å²) in [6.07, 6.45) is 3.72. The molecule has 13 aromatic rings. The van der Waals surface area contributed by atoms with Gasteiger partial charge in [-0.2, -0.15) is 0 Å². The summed E-state index contributed by atoms with van der Waals surface area (Å²) in [5, 5.41) is 7.42. The molecule has 0 atom stereocenters. The third kappa shape index (κ3) is 5.52. The number of hydrogen-bond acceptors (Lipinski definition) is 1. The van der Waals surface area contributed by atoms with Gasteiger partial charge in [0.25, 0.3) is 0 Å². The number of aromatic nitrogens is 4. The molecule has 0 saturated heterocycles. The Morgan fingerprint density at radius 2 is 0.698 bits per heavy atom. The molecule has 0 unspecified atom stereocenters. The number of pyridine rings is 1. The predicted octanol–water partition coefficient (Wildman–Crippen LogP) is 15.4. The van der Waals surface area contributed by atoms with Crippen molar-refractivity contribution in [3.63, 3.8) is 0 Å². The van der Waals surface area contributed by atoms with Crippen LogP contribution in [0.1, 0.15) is 0 Å². The standard InChI is InChI=1S/C59H38N4/c1-3-13-40(14-4-1)49-35-41(39-31-33-60-34-32-39)23-27-56(49)63-55-22-12-9-18-47(55)51-37-43(25-29-59(51)63)42-24-28-57-50(36-42)46-17-7-11-21-54(46)62(57)45-26-30-58-52(38-45)48-19-8-10-20-53(48)61(58)44-15-5-2-6-16-44/h1-38H. The lowest BCUT2D eigenvalue weighted by Crippen LogP contribution is -1.98. The maximum absolute atomic E-state index is 4.27. The first kappa shape index (κ1) is 35.3. The molecule has 4 aromatic heterocycles. The molecule has 63 heavy (non-hydrogen) atoms. The zero-order chi connectivity index (χ0) is 41.4. The molecule has 13 rings (SSSR count). The molecule has 0 saturated carbocycles. The van der Waals surface area contributed by atoms with Crippen molar-refractivity contribution < 1.29 is 0 Å². The Morgan fingerprint density at radius 1 is 0.254 bits per heavy atom. The lowest BCUT2D eigenvalue weighted by Gasteiger charge is -2.16. The fraction of sp³-hybridized carbons (Fsp3) is 0. The molecule has 294 valence electrons. The molecule has 0 radical (unpaired) electrons. The van der Waals surface area contributed by atoms with Gasteiger partial charge in [-0.05, 0) is 125 Å². The number of fused-ring (bicyclic) bond motifs is 9. The fourth-order valence-electron chi connectivity index (χ4n) is 10.1. The van der Waals surface area contributed by atoms with Crippen molar-refractivity contribution in [3.8, 4) is 50.4 Å². The number of rotatable bonds is 6. The lowest BCUT2D eigenvalue weighted by atomic mass is 9.97. The number of nitrogens with zero attached hydrogens (tertiary/aromatic N) is 4. The zero-order valence-electron chi connectivity index (χ0n) is 34.2. The van der Waals surface area contributed by atoms with E-state index in [1.54, 1.807) is 0 Å². The number of hydrogen-bond donors (Lipinski definition) is 0. The summed E-state index contributed by atoms with van der Waals surface area (Å²) in [6, 6.07) is 79.7. The van der Waals surface area contributed by atoms with E-state index in [0.29, 0.717) is 0 Å². The van der Waals surface area contributed by atoms with Crippen molar-refractivity contribution in [1.82, 2.24) is 18.7 Å². The van der Waals surface area contributed by atoms with Crippen molar-refractivity contribution in [2.45, 2.75) is 0 Å². The van der Waals surface area contributed by atoms with Crippen LogP contribution < -0.4 is 0 Å². The summed E-state index contributed by atoms with van der Waals surface area (Å²) in [7, 11) is 0. The number of para-hydroxylation sites is 4. The average molecular weight is 803 g/mol. The molecular weight excluding hydrogens is 765 g/mol. The van der Waals surface area contributed by atoms with E-state index in [1.807, 2.05) is 12.4 Å². The average Bonchev–Trinajstić information content (AvgIpc) is 3.99. The van der Waals surface area contributed by atoms with Gasteiger partial charge in [-0.25, -0.2) is 0 Å². The van der Waals surface area contributed by atoms with Crippen molar-refractivity contribution >= 4 is 65.4 Å². The van der Waals surface area contributed by atoms with Gasteiger partial charge >= 0.3 is 0 Å². The first-order chi connectivity index (χ1) is 31.3. The quantitative estimate of drug-likeness (QED) is 0.165. The highest BCUT2D eigenvalue weighted by Crippen LogP contribution is 2.42. The lowest BCUT2D eigenvalue weighted by molar-refractivity contribution is 1.17. The molecular formula is C59H38N4. The predicted molar refractivity (Wildman–Crippen MR) is 264 cm³/mol. The highest BCUT2D eigenvalue weighted by Gasteiger charge is 2.20. The van der Waals surface area contributed by atoms with Crippen LogP contribution in [-0.4, -0.2) is 18.7 Å². The van der Waals surface area contributed by atoms with Gasteiger partial charge < -0.3 is 13.7 Å². The molecule has 0 aliphatic carbocycles. The smallest absolute Gasteiger partial charge is 0.0542 e. The second-order valence-corrected chi connectivity index (χ2v) is 16.4. The highest BCUT2D eigenvalue weighted by molar-refractivity contribution is 6.14. The zero-order valence-corrected chi connectivity index (χ0v) is 34.2. The van der Waals surface area contributed by atoms with Crippen molar-refractivity contribution in [1.29, 1.82) is 0 Å². The van der Waals surface area contributed by atoms with Crippen molar-refractivity contribution in [2.75, 3.05) is 0 Å². The normalized spacial score (nSPS) is 11.8. The van der Waals surface area contributed by atoms with Crippen LogP contribution in [0.5, 0.6) is 0 Å². The Balaban J connectivity index is 0.967. The Morgan fingerprint density at radius 3 is 1.32 bits per heavy atom. The molecule has 0 aliphatic rings. The van der Waals surface area contributed by atoms with Crippen LogP contribution in [0.3, 0.4) is 0 Å². The third-order valence-electron chi connectivity index (χ3n) is 12.9. The second-order valence-electron chi connectivity index (χ2n) is 16.4. The van der Waals surface area contributed by atoms with Crippen LogP contribution in [0.2, 0.25) is 0 Å². The molecule has 0 N–H and O–H groups in total. The van der Waals surface area contributed by atoms with E-state index in [2.05, 4.69) is 237 Å². The van der Waals surface area contributed by atoms with Gasteiger partial charge in [0.1, 0.15) is 0 Å². The number of benzene rings is 9. The molecule has 0 spiro atoms. The monoisotopic (exact) mass is 802 g/mol. The summed E-state index contributed by atoms with van der Waals surface area (Å²) in [5.74, 6) is 0. The first-order valence-electron chi connectivity index (χ1n) is 21.5. The summed E-state index contributed by atoms with van der Waals surface area (Å²) >= 11 is 0. The van der Waals surface area contributed by atoms with Gasteiger partial charge in [0.2, 0.25) is 0 Å². The first-order valence-corrected chi connectivity index (χ1v) is 21.5. The van der Waals surface area contributed by atoms with Gasteiger partial charge in [0, 0.05) is 61.6 Å². The van der Waals surface area contributed by atoms with Crippen LogP contribution >= 0.6 is 0 Å². The van der Waals surface area contributed by atoms with E-state index in [4.69, 9.17) is 0 Å². The van der Waals surface area contributed by atoms with E-state index in [1.165, 1.54) is 87.7 Å². The van der Waals surface area contributed by atoms with Gasteiger partial charge in [-0.1, -0.05) is 121 Å². The van der Waals surface area contributed by atoms with Crippen molar-refractivity contribution in [3.05, 3.63) is 231 Å². The van der Waals surface area contributed by atoms with Crippen LogP contribution in [0.15, 0.2) is 231 Å². The molecule has 0 bridgehead atoms. The summed E-state index contributed by atoms with van der Waals surface area (Å²) in [5.41, 5.74) is 17.7. The topological polar surface area (TPSA) is 27.7 Å². The van der Waals surface area contributed by atoms with Gasteiger partial charge in [0.15, 0.2) is 0 Å². The molecule has 0 aliphatic heterocycles. The molecule has 0 amide bonds. The van der Waals surface area contributed by atoms with E-state index >= 15 is 0 Å². The third-order valence-corrected chi connectivity index (χ3v) is 12.9. The molecule has 4 heterocycles. The van der Waals surface area contributed by atoms with E-state index < -0.39 is 0 Å². The maximum Gasteiger partial charge on any atom is 0.0542 e. The Labute approximate surface area is 363 Å². The minimum atomic E-state index is 1.15. The van der Waals surface area contributed by atoms with Gasteiger partial charge in [-0.3, -0.25) is 4.98 Å². The summed E-state index contributed by atoms with van der Waals surface area (Å²) in [4.78, 5) is 4.27. The van der Waals surface area contributed by atoms with Gasteiger partial charge in [0.05, 0.1) is 38.8 Å². The van der Waals surface area contributed by atoms with E-state index in [9.17, 15) is 0 Å². The highest BCUT2D eigenvalue weighted by atomic mass is 15.0. The minimum Gasteiger partial charge on any atom is -0.309 e. The van der Waals surface area contributed by atoms with E-state index in [-0.39, 0.29) is 0 Å². The molecule has 4 nitrogen and oxygen atoms in total. The molecule has 0 fully saturated rings. The largest absolute Gasteiger partial charge is 0.309 e. The second kappa shape index (κ2) is 14.1. The fourth-order valence-corrected chi connectivity index (χ4v) is 10.1. The van der Waals surface area contributed by atoms with Crippen LogP contribution in [0.4, 0.5) is 0 Å². The minimum absolute atomic E-state index is 1.15. The Hall–Kier alpha value is -8.47.